The number of hydrogen-bond acceptors (Lipinski definition) is 5. The predicted molar refractivity (Wildman–Crippen MR) is 103 cm³/mol. The second-order valence-corrected chi connectivity index (χ2v) is 8.01. The van der Waals surface area contributed by atoms with Gasteiger partial charge in [0.05, 0.1) is 5.92 Å². The van der Waals surface area contributed by atoms with Crippen LogP contribution >= 0.6 is 0 Å². The summed E-state index contributed by atoms with van der Waals surface area (Å²) >= 11 is 0. The molecular formula is C20H31N5O2. The van der Waals surface area contributed by atoms with Gasteiger partial charge in [-0.3, -0.25) is 14.6 Å². The summed E-state index contributed by atoms with van der Waals surface area (Å²) < 4.78 is 0. The van der Waals surface area contributed by atoms with Crippen LogP contribution in [0, 0.1) is 11.8 Å². The van der Waals surface area contributed by atoms with Gasteiger partial charge in [0.1, 0.15) is 6.04 Å². The lowest BCUT2D eigenvalue weighted by Crippen LogP contribution is -2.51. The number of pyridine rings is 1. The molecular weight excluding hydrogens is 342 g/mol. The zero-order chi connectivity index (χ0) is 19.2. The smallest absolute Gasteiger partial charge is 0.241 e. The first-order valence-corrected chi connectivity index (χ1v) is 10.0. The molecule has 3 rings (SSSR count). The molecule has 2 aliphatic heterocycles. The number of nitrogens with zero attached hydrogens (tertiary/aromatic N) is 2. The SMILES string of the molecule is CC(C)CCNC(=O)C1CCCN(C(=O)C2CC(c3ccncc3)NN2)C1. The van der Waals surface area contributed by atoms with Crippen LogP contribution < -0.4 is 16.2 Å². The van der Waals surface area contributed by atoms with Crippen LogP contribution in [0.3, 0.4) is 0 Å². The van der Waals surface area contributed by atoms with Gasteiger partial charge in [0.2, 0.25) is 11.8 Å². The molecule has 1 aromatic heterocycles. The second kappa shape index (κ2) is 9.28. The topological polar surface area (TPSA) is 86.4 Å². The Labute approximate surface area is 161 Å². The van der Waals surface area contributed by atoms with E-state index in [0.717, 1.165) is 31.4 Å². The first kappa shape index (κ1) is 19.8. The van der Waals surface area contributed by atoms with Gasteiger partial charge in [-0.1, -0.05) is 13.8 Å². The van der Waals surface area contributed by atoms with Gasteiger partial charge in [-0.15, -0.1) is 0 Å². The van der Waals surface area contributed by atoms with Crippen molar-refractivity contribution >= 4 is 11.8 Å². The molecule has 1 aromatic rings. The molecule has 0 aromatic carbocycles. The average Bonchev–Trinajstić information content (AvgIpc) is 3.18. The molecule has 3 N–H and O–H groups in total. The molecule has 3 heterocycles. The number of hydrazine groups is 1. The monoisotopic (exact) mass is 373 g/mol. The molecule has 0 bridgehead atoms. The number of aromatic nitrogens is 1. The molecule has 27 heavy (non-hydrogen) atoms. The normalized spacial score (nSPS) is 25.6. The van der Waals surface area contributed by atoms with Gasteiger partial charge in [-0.25, -0.2) is 10.9 Å². The molecule has 148 valence electrons. The lowest BCUT2D eigenvalue weighted by Gasteiger charge is -2.33. The summed E-state index contributed by atoms with van der Waals surface area (Å²) in [6, 6.07) is 3.77. The van der Waals surface area contributed by atoms with E-state index in [1.54, 1.807) is 12.4 Å². The quantitative estimate of drug-likeness (QED) is 0.702. The third kappa shape index (κ3) is 5.26. The molecule has 2 amide bonds. The lowest BCUT2D eigenvalue weighted by atomic mass is 9.95. The van der Waals surface area contributed by atoms with Gasteiger partial charge in [0, 0.05) is 38.1 Å². The Morgan fingerprint density at radius 2 is 2.07 bits per heavy atom. The van der Waals surface area contributed by atoms with E-state index < -0.39 is 0 Å². The molecule has 0 aliphatic carbocycles. The van der Waals surface area contributed by atoms with Crippen LogP contribution in [0.1, 0.15) is 51.1 Å². The summed E-state index contributed by atoms with van der Waals surface area (Å²) in [5.74, 6) is 0.642. The Bertz CT molecular complexity index is 637. The van der Waals surface area contributed by atoms with E-state index in [2.05, 4.69) is 35.0 Å². The minimum absolute atomic E-state index is 0.0822. The van der Waals surface area contributed by atoms with Gasteiger partial charge in [0.25, 0.3) is 0 Å². The van der Waals surface area contributed by atoms with E-state index in [1.807, 2.05) is 17.0 Å². The second-order valence-electron chi connectivity index (χ2n) is 8.01. The molecule has 0 radical (unpaired) electrons. The van der Waals surface area contributed by atoms with Crippen LogP contribution in [0.4, 0.5) is 0 Å². The Morgan fingerprint density at radius 3 is 2.81 bits per heavy atom. The van der Waals surface area contributed by atoms with Gasteiger partial charge >= 0.3 is 0 Å². The summed E-state index contributed by atoms with van der Waals surface area (Å²) in [6.45, 7) is 6.25. The zero-order valence-corrected chi connectivity index (χ0v) is 16.3. The number of nitrogens with one attached hydrogen (secondary N) is 3. The fourth-order valence-electron chi connectivity index (χ4n) is 3.77. The van der Waals surface area contributed by atoms with Gasteiger partial charge in [-0.05, 0) is 49.3 Å². The number of likely N-dealkylation sites (tertiary alicyclic amines) is 1. The maximum Gasteiger partial charge on any atom is 0.241 e. The molecule has 7 nitrogen and oxygen atoms in total. The minimum Gasteiger partial charge on any atom is -0.356 e. The van der Waals surface area contributed by atoms with Gasteiger partial charge in [-0.2, -0.15) is 0 Å². The lowest BCUT2D eigenvalue weighted by molar-refractivity contribution is -0.137. The van der Waals surface area contributed by atoms with Crippen molar-refractivity contribution in [2.75, 3.05) is 19.6 Å². The van der Waals surface area contributed by atoms with E-state index in [0.29, 0.717) is 25.4 Å². The maximum atomic E-state index is 12.9. The predicted octanol–water partition coefficient (Wildman–Crippen LogP) is 1.39. The molecule has 2 fully saturated rings. The van der Waals surface area contributed by atoms with Crippen LogP contribution in [0.15, 0.2) is 24.5 Å². The Hall–Kier alpha value is -1.99. The Morgan fingerprint density at radius 1 is 1.30 bits per heavy atom. The molecule has 0 saturated carbocycles. The first-order chi connectivity index (χ1) is 13.0. The Balaban J connectivity index is 1.50. The van der Waals surface area contributed by atoms with Crippen LogP contribution in [0.5, 0.6) is 0 Å². The molecule has 3 atom stereocenters. The van der Waals surface area contributed by atoms with Gasteiger partial charge in [0.15, 0.2) is 0 Å². The zero-order valence-electron chi connectivity index (χ0n) is 16.3. The van der Waals surface area contributed by atoms with Crippen molar-refractivity contribution in [3.63, 3.8) is 0 Å². The number of amides is 2. The fraction of sp³-hybridized carbons (Fsp3) is 0.650. The van der Waals surface area contributed by atoms with Crippen molar-refractivity contribution in [3.8, 4) is 0 Å². The van der Waals surface area contributed by atoms with Crippen molar-refractivity contribution < 1.29 is 9.59 Å². The van der Waals surface area contributed by atoms with Crippen molar-refractivity contribution in [1.29, 1.82) is 0 Å². The fourth-order valence-corrected chi connectivity index (χ4v) is 3.77. The highest BCUT2D eigenvalue weighted by atomic mass is 16.2. The van der Waals surface area contributed by atoms with Crippen molar-refractivity contribution in [3.05, 3.63) is 30.1 Å². The number of carbonyl (C=O) groups excluding carboxylic acids is 2. The van der Waals surface area contributed by atoms with E-state index in [4.69, 9.17) is 0 Å². The highest BCUT2D eigenvalue weighted by molar-refractivity contribution is 5.84. The van der Waals surface area contributed by atoms with E-state index >= 15 is 0 Å². The summed E-state index contributed by atoms with van der Waals surface area (Å²) in [4.78, 5) is 31.2. The van der Waals surface area contributed by atoms with E-state index in [-0.39, 0.29) is 29.8 Å². The molecule has 7 heteroatoms. The van der Waals surface area contributed by atoms with E-state index in [9.17, 15) is 9.59 Å². The minimum atomic E-state index is -0.258. The Kier molecular flexibility index (Phi) is 6.79. The molecule has 2 saturated heterocycles. The van der Waals surface area contributed by atoms with E-state index in [1.165, 1.54) is 0 Å². The van der Waals surface area contributed by atoms with Crippen molar-refractivity contribution in [2.24, 2.45) is 11.8 Å². The maximum absolute atomic E-state index is 12.9. The number of rotatable bonds is 6. The summed E-state index contributed by atoms with van der Waals surface area (Å²) in [5, 5.41) is 3.03. The molecule has 0 spiro atoms. The van der Waals surface area contributed by atoms with Gasteiger partial charge < -0.3 is 10.2 Å². The van der Waals surface area contributed by atoms with Crippen molar-refractivity contribution in [2.45, 2.75) is 51.6 Å². The van der Waals surface area contributed by atoms with Crippen LogP contribution in [-0.4, -0.2) is 47.4 Å². The summed E-state index contributed by atoms with van der Waals surface area (Å²) in [6.07, 6.45) is 6.94. The van der Waals surface area contributed by atoms with Crippen LogP contribution in [0.2, 0.25) is 0 Å². The highest BCUT2D eigenvalue weighted by Gasteiger charge is 2.36. The summed E-state index contributed by atoms with van der Waals surface area (Å²) in [5.41, 5.74) is 7.46. The standard InChI is InChI=1S/C20H31N5O2/c1-14(2)5-10-22-19(26)16-4-3-11-25(13-16)20(27)18-12-17(23-24-18)15-6-8-21-9-7-15/h6-9,14,16-18,23-24H,3-5,10-13H2,1-2H3,(H,22,26). The third-order valence-corrected chi connectivity index (χ3v) is 5.43. The third-order valence-electron chi connectivity index (χ3n) is 5.43. The molecule has 2 aliphatic rings. The van der Waals surface area contributed by atoms with Crippen molar-refractivity contribution in [1.82, 2.24) is 26.1 Å². The van der Waals surface area contributed by atoms with Crippen LogP contribution in [-0.2, 0) is 9.59 Å². The summed E-state index contributed by atoms with van der Waals surface area (Å²) in [7, 11) is 0. The number of hydrogen-bond donors (Lipinski definition) is 3. The average molecular weight is 374 g/mol. The number of piperidine rings is 1. The molecule has 3 unspecified atom stereocenters. The van der Waals surface area contributed by atoms with Crippen LogP contribution in [0.25, 0.3) is 0 Å². The number of carbonyl (C=O) groups is 2. The highest BCUT2D eigenvalue weighted by Crippen LogP contribution is 2.24. The first-order valence-electron chi connectivity index (χ1n) is 10.0. The largest absolute Gasteiger partial charge is 0.356 e.